The summed E-state index contributed by atoms with van der Waals surface area (Å²) in [5, 5.41) is 8.59. The number of pyridine rings is 1. The number of nitrogens with zero attached hydrogens (tertiary/aromatic N) is 2. The minimum absolute atomic E-state index is 0.0779. The lowest BCUT2D eigenvalue weighted by Crippen LogP contribution is -2.39. The summed E-state index contributed by atoms with van der Waals surface area (Å²) in [5.41, 5.74) is 6.79. The average Bonchev–Trinajstić information content (AvgIpc) is 2.33. The number of hydrogen-bond donors (Lipinski definition) is 2. The highest BCUT2D eigenvalue weighted by Gasteiger charge is 2.16. The lowest BCUT2D eigenvalue weighted by atomic mass is 10.1. The Morgan fingerprint density at radius 1 is 1.50 bits per heavy atom. The minimum Gasteiger partial charge on any atom is -0.478 e. The maximum absolute atomic E-state index is 11.1. The third-order valence-electron chi connectivity index (χ3n) is 2.71. The number of carbonyl (C=O) groups is 2. The summed E-state index contributed by atoms with van der Waals surface area (Å²) in [6, 6.07) is 1.90. The van der Waals surface area contributed by atoms with Crippen molar-refractivity contribution in [3.05, 3.63) is 29.5 Å². The van der Waals surface area contributed by atoms with Gasteiger partial charge in [-0.25, -0.2) is 9.78 Å². The van der Waals surface area contributed by atoms with Crippen LogP contribution in [0, 0.1) is 6.92 Å². The molecule has 0 aromatic carbocycles. The monoisotopic (exact) mass is 277 g/mol. The number of anilines is 1. The van der Waals surface area contributed by atoms with Gasteiger partial charge in [-0.05, 0) is 44.0 Å². The molecule has 1 aromatic rings. The van der Waals surface area contributed by atoms with E-state index >= 15 is 0 Å². The van der Waals surface area contributed by atoms with Gasteiger partial charge in [0, 0.05) is 18.3 Å². The summed E-state index contributed by atoms with van der Waals surface area (Å²) >= 11 is 0. The van der Waals surface area contributed by atoms with Crippen LogP contribution in [0.3, 0.4) is 0 Å². The fourth-order valence-corrected chi connectivity index (χ4v) is 1.82. The summed E-state index contributed by atoms with van der Waals surface area (Å²) in [7, 11) is 0. The Morgan fingerprint density at radius 3 is 2.60 bits per heavy atom. The highest BCUT2D eigenvalue weighted by atomic mass is 16.4. The summed E-state index contributed by atoms with van der Waals surface area (Å²) < 4.78 is 0. The normalized spacial score (nSPS) is 11.0. The second kappa shape index (κ2) is 6.70. The largest absolute Gasteiger partial charge is 0.478 e. The van der Waals surface area contributed by atoms with Crippen molar-refractivity contribution in [1.29, 1.82) is 0 Å². The molecule has 6 heteroatoms. The van der Waals surface area contributed by atoms with Gasteiger partial charge in [0.05, 0.1) is 6.54 Å². The quantitative estimate of drug-likeness (QED) is 0.761. The predicted molar refractivity (Wildman–Crippen MR) is 77.3 cm³/mol. The molecule has 1 rings (SSSR count). The number of hydrogen-bond acceptors (Lipinski definition) is 4. The molecule has 1 amide bonds. The van der Waals surface area contributed by atoms with Gasteiger partial charge < -0.3 is 15.7 Å². The van der Waals surface area contributed by atoms with E-state index in [1.807, 2.05) is 31.7 Å². The molecule has 6 nitrogen and oxygen atoms in total. The van der Waals surface area contributed by atoms with Crippen molar-refractivity contribution >= 4 is 23.8 Å². The van der Waals surface area contributed by atoms with Crippen LogP contribution in [-0.4, -0.2) is 34.6 Å². The molecule has 0 aliphatic carbocycles. The number of primary amides is 1. The van der Waals surface area contributed by atoms with E-state index in [0.29, 0.717) is 11.4 Å². The molecule has 0 spiro atoms. The first-order valence-electron chi connectivity index (χ1n) is 6.24. The van der Waals surface area contributed by atoms with Crippen LogP contribution in [0.5, 0.6) is 0 Å². The van der Waals surface area contributed by atoms with Crippen LogP contribution in [0.15, 0.2) is 18.3 Å². The average molecular weight is 277 g/mol. The van der Waals surface area contributed by atoms with E-state index in [0.717, 1.165) is 11.6 Å². The smallest absolute Gasteiger partial charge is 0.328 e. The van der Waals surface area contributed by atoms with Crippen molar-refractivity contribution in [2.45, 2.75) is 26.8 Å². The molecule has 0 fully saturated rings. The lowest BCUT2D eigenvalue weighted by molar-refractivity contribution is -0.131. The maximum atomic E-state index is 11.1. The van der Waals surface area contributed by atoms with Crippen LogP contribution >= 0.6 is 0 Å². The number of amides is 1. The fourth-order valence-electron chi connectivity index (χ4n) is 1.82. The van der Waals surface area contributed by atoms with Crippen molar-refractivity contribution in [3.63, 3.8) is 0 Å². The first-order valence-corrected chi connectivity index (χ1v) is 6.24. The number of carbonyl (C=O) groups excluding carboxylic acids is 1. The molecule has 0 saturated heterocycles. The summed E-state index contributed by atoms with van der Waals surface area (Å²) in [4.78, 5) is 27.7. The van der Waals surface area contributed by atoms with Crippen LogP contribution in [0.4, 0.5) is 5.82 Å². The number of aliphatic carboxylic acids is 1. The predicted octanol–water partition coefficient (Wildman–Crippen LogP) is 1.19. The van der Waals surface area contributed by atoms with Crippen LogP contribution in [0.1, 0.15) is 25.0 Å². The summed E-state index contributed by atoms with van der Waals surface area (Å²) in [6.45, 7) is 5.84. The van der Waals surface area contributed by atoms with E-state index in [1.54, 1.807) is 6.20 Å². The molecular formula is C14H19N3O3. The maximum Gasteiger partial charge on any atom is 0.328 e. The lowest BCUT2D eigenvalue weighted by Gasteiger charge is -2.27. The van der Waals surface area contributed by atoms with Gasteiger partial charge in [0.1, 0.15) is 5.82 Å². The Labute approximate surface area is 117 Å². The van der Waals surface area contributed by atoms with Gasteiger partial charge in [0.15, 0.2) is 0 Å². The molecule has 0 unspecified atom stereocenters. The molecule has 3 N–H and O–H groups in total. The molecule has 0 atom stereocenters. The van der Waals surface area contributed by atoms with Crippen molar-refractivity contribution < 1.29 is 14.7 Å². The number of rotatable bonds is 6. The molecule has 0 saturated carbocycles. The fraction of sp³-hybridized carbons (Fsp3) is 0.357. The Bertz CT molecular complexity index is 538. The molecule has 0 aliphatic rings. The number of carboxylic acids is 1. The Morgan fingerprint density at radius 2 is 2.15 bits per heavy atom. The van der Waals surface area contributed by atoms with Gasteiger partial charge in [-0.1, -0.05) is 0 Å². The van der Waals surface area contributed by atoms with Gasteiger partial charge >= 0.3 is 5.97 Å². The molecule has 0 bridgehead atoms. The van der Waals surface area contributed by atoms with Crippen LogP contribution < -0.4 is 10.6 Å². The Hall–Kier alpha value is -2.37. The van der Waals surface area contributed by atoms with Gasteiger partial charge in [-0.15, -0.1) is 0 Å². The number of aryl methyl sites for hydroxylation is 1. The zero-order valence-electron chi connectivity index (χ0n) is 11.8. The van der Waals surface area contributed by atoms with Crippen LogP contribution in [0.2, 0.25) is 0 Å². The van der Waals surface area contributed by atoms with Crippen LogP contribution in [-0.2, 0) is 9.59 Å². The molecule has 108 valence electrons. The van der Waals surface area contributed by atoms with Crippen molar-refractivity contribution in [2.24, 2.45) is 5.73 Å². The van der Waals surface area contributed by atoms with Crippen molar-refractivity contribution in [3.8, 4) is 0 Å². The molecule has 20 heavy (non-hydrogen) atoms. The second-order valence-corrected chi connectivity index (χ2v) is 4.77. The van der Waals surface area contributed by atoms with Crippen molar-refractivity contribution in [1.82, 2.24) is 4.98 Å². The highest BCUT2D eigenvalue weighted by molar-refractivity contribution is 5.85. The first-order chi connectivity index (χ1) is 9.31. The van der Waals surface area contributed by atoms with Gasteiger partial charge in [-0.2, -0.15) is 0 Å². The topological polar surface area (TPSA) is 96.5 Å². The first kappa shape index (κ1) is 15.7. The van der Waals surface area contributed by atoms with E-state index in [9.17, 15) is 9.59 Å². The van der Waals surface area contributed by atoms with E-state index in [4.69, 9.17) is 10.8 Å². The van der Waals surface area contributed by atoms with Gasteiger partial charge in [-0.3, -0.25) is 4.79 Å². The third-order valence-corrected chi connectivity index (χ3v) is 2.71. The Balaban J connectivity index is 3.06. The zero-order valence-corrected chi connectivity index (χ0v) is 11.8. The zero-order chi connectivity index (χ0) is 15.3. The SMILES string of the molecule is Cc1cc(/C=C/C(=O)O)cnc1N(CC(N)=O)C(C)C. The van der Waals surface area contributed by atoms with E-state index < -0.39 is 11.9 Å². The standard InChI is InChI=1S/C14H19N3O3/c1-9(2)17(8-12(15)18)14-10(3)6-11(7-16-14)4-5-13(19)20/h4-7,9H,8H2,1-3H3,(H2,15,18)(H,19,20)/b5-4+. The summed E-state index contributed by atoms with van der Waals surface area (Å²) in [6.07, 6.45) is 4.10. The minimum atomic E-state index is -1.01. The Kier molecular flexibility index (Phi) is 5.25. The molecule has 0 radical (unpaired) electrons. The van der Waals surface area contributed by atoms with Gasteiger partial charge in [0.2, 0.25) is 5.91 Å². The van der Waals surface area contributed by atoms with E-state index in [2.05, 4.69) is 4.98 Å². The molecule has 0 aliphatic heterocycles. The highest BCUT2D eigenvalue weighted by Crippen LogP contribution is 2.20. The number of nitrogens with two attached hydrogens (primary N) is 1. The second-order valence-electron chi connectivity index (χ2n) is 4.77. The van der Waals surface area contributed by atoms with E-state index in [-0.39, 0.29) is 12.6 Å². The molecule has 1 heterocycles. The third kappa shape index (κ3) is 4.38. The summed E-state index contributed by atoms with van der Waals surface area (Å²) in [5.74, 6) is -0.759. The number of carboxylic acid groups (broad SMARTS) is 1. The van der Waals surface area contributed by atoms with Gasteiger partial charge in [0.25, 0.3) is 0 Å². The number of aromatic nitrogens is 1. The molecule has 1 aromatic heterocycles. The van der Waals surface area contributed by atoms with E-state index in [1.165, 1.54) is 6.08 Å². The van der Waals surface area contributed by atoms with Crippen molar-refractivity contribution in [2.75, 3.05) is 11.4 Å². The van der Waals surface area contributed by atoms with Crippen LogP contribution in [0.25, 0.3) is 6.08 Å². The molecular weight excluding hydrogens is 258 g/mol.